The van der Waals surface area contributed by atoms with Crippen LogP contribution in [0.15, 0.2) is 12.5 Å². The molecule has 110 valence electrons. The lowest BCUT2D eigenvalue weighted by Gasteiger charge is -2.25. The number of carboxylic acid groups (broad SMARTS) is 1. The lowest BCUT2D eigenvalue weighted by atomic mass is 10.2. The highest BCUT2D eigenvalue weighted by Crippen LogP contribution is 2.19. The number of carbonyl (C=O) groups is 2. The number of carbonyl (C=O) groups excluding carboxylic acids is 1. The van der Waals surface area contributed by atoms with E-state index in [1.165, 1.54) is 12.5 Å². The fraction of sp³-hybridized carbons (Fsp3) is 0.545. The van der Waals surface area contributed by atoms with Crippen molar-refractivity contribution in [3.8, 4) is 0 Å². The number of aromatic nitrogens is 2. The summed E-state index contributed by atoms with van der Waals surface area (Å²) in [5.41, 5.74) is 0.109. The number of imidazole rings is 1. The molecular formula is C11H15N3O5S. The summed E-state index contributed by atoms with van der Waals surface area (Å²) >= 11 is 0. The number of nitrogens with zero attached hydrogens (tertiary/aromatic N) is 3. The van der Waals surface area contributed by atoms with E-state index < -0.39 is 34.3 Å². The van der Waals surface area contributed by atoms with Crippen LogP contribution >= 0.6 is 0 Å². The summed E-state index contributed by atoms with van der Waals surface area (Å²) in [5, 5.41) is 8.91. The van der Waals surface area contributed by atoms with Gasteiger partial charge in [-0.3, -0.25) is 9.59 Å². The average Bonchev–Trinajstić information content (AvgIpc) is 2.91. The molecule has 1 aromatic heterocycles. The molecule has 1 saturated heterocycles. The second-order valence-corrected chi connectivity index (χ2v) is 7.04. The van der Waals surface area contributed by atoms with Crippen molar-refractivity contribution in [2.24, 2.45) is 7.05 Å². The Morgan fingerprint density at radius 1 is 1.55 bits per heavy atom. The Hall–Kier alpha value is -1.90. The minimum Gasteiger partial charge on any atom is -0.480 e. The van der Waals surface area contributed by atoms with E-state index in [0.717, 1.165) is 4.90 Å². The fourth-order valence-electron chi connectivity index (χ4n) is 2.20. The van der Waals surface area contributed by atoms with E-state index in [-0.39, 0.29) is 23.6 Å². The third-order valence-electron chi connectivity index (χ3n) is 3.14. The number of sulfone groups is 1. The summed E-state index contributed by atoms with van der Waals surface area (Å²) in [5.74, 6) is -1.96. The van der Waals surface area contributed by atoms with Crippen molar-refractivity contribution in [3.05, 3.63) is 18.2 Å². The summed E-state index contributed by atoms with van der Waals surface area (Å²) in [6.45, 7) is -0.532. The smallest absolute Gasteiger partial charge is 0.323 e. The van der Waals surface area contributed by atoms with Crippen molar-refractivity contribution in [1.82, 2.24) is 14.5 Å². The zero-order valence-corrected chi connectivity index (χ0v) is 11.7. The Balaban J connectivity index is 2.24. The van der Waals surface area contributed by atoms with Gasteiger partial charge in [-0.15, -0.1) is 0 Å². The van der Waals surface area contributed by atoms with Crippen molar-refractivity contribution in [2.75, 3.05) is 18.1 Å². The Kier molecular flexibility index (Phi) is 3.80. The average molecular weight is 301 g/mol. The Morgan fingerprint density at radius 3 is 2.70 bits per heavy atom. The van der Waals surface area contributed by atoms with Gasteiger partial charge < -0.3 is 14.6 Å². The summed E-state index contributed by atoms with van der Waals surface area (Å²) in [7, 11) is -1.51. The standard InChI is InChI=1S/C11H15N3O5S/c1-13-4-9(12-7-13)11(17)14(5-10(15)16)8-2-3-20(18,19)6-8/h4,7-8H,2-3,5-6H2,1H3,(H,15,16). The highest BCUT2D eigenvalue weighted by atomic mass is 32.2. The van der Waals surface area contributed by atoms with E-state index in [9.17, 15) is 18.0 Å². The van der Waals surface area contributed by atoms with E-state index >= 15 is 0 Å². The summed E-state index contributed by atoms with van der Waals surface area (Å²) in [6.07, 6.45) is 3.16. The van der Waals surface area contributed by atoms with Crippen LogP contribution in [0.5, 0.6) is 0 Å². The first kappa shape index (κ1) is 14.5. The van der Waals surface area contributed by atoms with Crippen molar-refractivity contribution >= 4 is 21.7 Å². The molecular weight excluding hydrogens is 286 g/mol. The van der Waals surface area contributed by atoms with Gasteiger partial charge in [-0.25, -0.2) is 13.4 Å². The van der Waals surface area contributed by atoms with Gasteiger partial charge in [-0.05, 0) is 6.42 Å². The molecule has 0 aliphatic carbocycles. The van der Waals surface area contributed by atoms with Gasteiger partial charge >= 0.3 is 5.97 Å². The first-order valence-corrected chi connectivity index (χ1v) is 7.82. The quantitative estimate of drug-likeness (QED) is 0.774. The highest BCUT2D eigenvalue weighted by molar-refractivity contribution is 7.91. The van der Waals surface area contributed by atoms with Crippen LogP contribution in [-0.2, 0) is 21.7 Å². The lowest BCUT2D eigenvalue weighted by molar-refractivity contribution is -0.138. The molecule has 2 heterocycles. The van der Waals surface area contributed by atoms with E-state index in [2.05, 4.69) is 4.98 Å². The molecule has 9 heteroatoms. The molecule has 2 rings (SSSR count). The first-order chi connectivity index (χ1) is 9.28. The van der Waals surface area contributed by atoms with Gasteiger partial charge in [0.15, 0.2) is 9.84 Å². The monoisotopic (exact) mass is 301 g/mol. The molecule has 0 saturated carbocycles. The molecule has 1 aliphatic rings. The molecule has 1 fully saturated rings. The lowest BCUT2D eigenvalue weighted by Crippen LogP contribution is -2.44. The molecule has 20 heavy (non-hydrogen) atoms. The van der Waals surface area contributed by atoms with Crippen LogP contribution < -0.4 is 0 Å². The van der Waals surface area contributed by atoms with Gasteiger partial charge in [-0.2, -0.15) is 0 Å². The number of carboxylic acids is 1. The number of rotatable bonds is 4. The molecule has 0 bridgehead atoms. The van der Waals surface area contributed by atoms with Crippen molar-refractivity contribution in [3.63, 3.8) is 0 Å². The first-order valence-electron chi connectivity index (χ1n) is 5.99. The normalized spacial score (nSPS) is 20.8. The van der Waals surface area contributed by atoms with Crippen LogP contribution in [-0.4, -0.2) is 63.9 Å². The fourth-order valence-corrected chi connectivity index (χ4v) is 3.93. The highest BCUT2D eigenvalue weighted by Gasteiger charge is 2.36. The zero-order chi connectivity index (χ0) is 14.9. The maximum absolute atomic E-state index is 12.3. The minimum absolute atomic E-state index is 0.0245. The summed E-state index contributed by atoms with van der Waals surface area (Å²) in [4.78, 5) is 28.1. The topological polar surface area (TPSA) is 110 Å². The van der Waals surface area contributed by atoms with Gasteiger partial charge in [-0.1, -0.05) is 0 Å². The summed E-state index contributed by atoms with van der Waals surface area (Å²) in [6, 6.07) is -0.606. The van der Waals surface area contributed by atoms with Crippen LogP contribution in [0, 0.1) is 0 Å². The van der Waals surface area contributed by atoms with Gasteiger partial charge in [0.05, 0.1) is 17.8 Å². The van der Waals surface area contributed by atoms with Gasteiger partial charge in [0, 0.05) is 19.3 Å². The number of hydrogen-bond donors (Lipinski definition) is 1. The van der Waals surface area contributed by atoms with E-state index in [1.807, 2.05) is 0 Å². The molecule has 0 radical (unpaired) electrons. The van der Waals surface area contributed by atoms with Gasteiger partial charge in [0.25, 0.3) is 5.91 Å². The van der Waals surface area contributed by atoms with Gasteiger partial charge in [0.2, 0.25) is 0 Å². The molecule has 1 amide bonds. The predicted molar refractivity (Wildman–Crippen MR) is 68.9 cm³/mol. The molecule has 1 aliphatic heterocycles. The Morgan fingerprint density at radius 2 is 2.25 bits per heavy atom. The number of aryl methyl sites for hydroxylation is 1. The molecule has 1 N–H and O–H groups in total. The van der Waals surface area contributed by atoms with Crippen LogP contribution in [0.1, 0.15) is 16.9 Å². The van der Waals surface area contributed by atoms with Crippen molar-refractivity contribution in [2.45, 2.75) is 12.5 Å². The Bertz CT molecular complexity index is 636. The third-order valence-corrected chi connectivity index (χ3v) is 4.89. The van der Waals surface area contributed by atoms with Crippen LogP contribution in [0.3, 0.4) is 0 Å². The SMILES string of the molecule is Cn1cnc(C(=O)N(CC(=O)O)C2CCS(=O)(=O)C2)c1. The van der Waals surface area contributed by atoms with Gasteiger partial charge in [0.1, 0.15) is 12.2 Å². The van der Waals surface area contributed by atoms with E-state index in [1.54, 1.807) is 11.6 Å². The van der Waals surface area contributed by atoms with Crippen molar-refractivity contribution in [1.29, 1.82) is 0 Å². The number of hydrogen-bond acceptors (Lipinski definition) is 5. The molecule has 0 spiro atoms. The molecule has 1 aromatic rings. The van der Waals surface area contributed by atoms with E-state index in [0.29, 0.717) is 0 Å². The number of amides is 1. The molecule has 1 atom stereocenters. The maximum Gasteiger partial charge on any atom is 0.323 e. The Labute approximate surface area is 115 Å². The molecule has 0 aromatic carbocycles. The molecule has 1 unspecified atom stereocenters. The van der Waals surface area contributed by atoms with Crippen LogP contribution in [0.2, 0.25) is 0 Å². The maximum atomic E-state index is 12.3. The predicted octanol–water partition coefficient (Wildman–Crippen LogP) is -0.866. The second kappa shape index (κ2) is 5.23. The van der Waals surface area contributed by atoms with Crippen LogP contribution in [0.4, 0.5) is 0 Å². The van der Waals surface area contributed by atoms with E-state index in [4.69, 9.17) is 5.11 Å². The van der Waals surface area contributed by atoms with Crippen molar-refractivity contribution < 1.29 is 23.1 Å². The second-order valence-electron chi connectivity index (χ2n) is 4.81. The van der Waals surface area contributed by atoms with Crippen LogP contribution in [0.25, 0.3) is 0 Å². The number of aliphatic carboxylic acids is 1. The molecule has 8 nitrogen and oxygen atoms in total. The largest absolute Gasteiger partial charge is 0.480 e. The third kappa shape index (κ3) is 3.16. The zero-order valence-electron chi connectivity index (χ0n) is 10.9. The minimum atomic E-state index is -3.20. The summed E-state index contributed by atoms with van der Waals surface area (Å²) < 4.78 is 24.5.